The minimum absolute atomic E-state index is 0.112. The van der Waals surface area contributed by atoms with Gasteiger partial charge in [-0.15, -0.1) is 0 Å². The summed E-state index contributed by atoms with van der Waals surface area (Å²) >= 11 is 0. The van der Waals surface area contributed by atoms with Crippen LogP contribution in [0.25, 0.3) is 0 Å². The fraction of sp³-hybridized carbons (Fsp3) is 0.350. The molecule has 3 nitrogen and oxygen atoms in total. The van der Waals surface area contributed by atoms with Crippen molar-refractivity contribution in [3.63, 3.8) is 0 Å². The molecule has 0 spiro atoms. The fourth-order valence-corrected chi connectivity index (χ4v) is 3.28. The van der Waals surface area contributed by atoms with E-state index in [1.807, 2.05) is 19.1 Å². The molecule has 3 rings (SSSR count). The molecule has 0 radical (unpaired) electrons. The number of nitrogens with one attached hydrogen (secondary N) is 2. The minimum atomic E-state index is -4.49. The Morgan fingerprint density at radius 2 is 1.85 bits per heavy atom. The summed E-state index contributed by atoms with van der Waals surface area (Å²) in [5, 5.41) is 5.68. The Balaban J connectivity index is 1.50. The summed E-state index contributed by atoms with van der Waals surface area (Å²) in [7, 11) is 0. The van der Waals surface area contributed by atoms with Crippen molar-refractivity contribution in [2.45, 2.75) is 37.9 Å². The number of carbonyl (C=O) groups excluding carboxylic acids is 1. The molecule has 2 N–H and O–H groups in total. The molecule has 26 heavy (non-hydrogen) atoms. The smallest absolute Gasteiger partial charge is 0.325 e. The van der Waals surface area contributed by atoms with Gasteiger partial charge in [-0.05, 0) is 36.6 Å². The van der Waals surface area contributed by atoms with Crippen LogP contribution in [0.15, 0.2) is 48.5 Å². The van der Waals surface area contributed by atoms with Crippen molar-refractivity contribution in [2.75, 3.05) is 11.9 Å². The van der Waals surface area contributed by atoms with E-state index in [0.717, 1.165) is 19.0 Å². The van der Waals surface area contributed by atoms with Crippen molar-refractivity contribution in [3.8, 4) is 0 Å². The Bertz CT molecular complexity index is 789. The van der Waals surface area contributed by atoms with Crippen LogP contribution in [0.1, 0.15) is 36.0 Å². The van der Waals surface area contributed by atoms with E-state index in [1.54, 1.807) is 0 Å². The SMILES string of the molecule is CC(CC(=O)Nc1ccccc1C(F)(F)F)NCC1Cc2ccccc21. The molecule has 1 aliphatic carbocycles. The zero-order valence-corrected chi connectivity index (χ0v) is 14.4. The molecule has 1 aliphatic rings. The van der Waals surface area contributed by atoms with Gasteiger partial charge in [0.15, 0.2) is 0 Å². The van der Waals surface area contributed by atoms with Gasteiger partial charge < -0.3 is 10.6 Å². The molecular weight excluding hydrogens is 341 g/mol. The van der Waals surface area contributed by atoms with Crippen molar-refractivity contribution in [2.24, 2.45) is 0 Å². The van der Waals surface area contributed by atoms with Crippen LogP contribution >= 0.6 is 0 Å². The van der Waals surface area contributed by atoms with Crippen LogP contribution in [0.3, 0.4) is 0 Å². The summed E-state index contributed by atoms with van der Waals surface area (Å²) in [6.45, 7) is 2.62. The second-order valence-electron chi connectivity index (χ2n) is 6.70. The number of alkyl halides is 3. The van der Waals surface area contributed by atoms with Gasteiger partial charge in [0.2, 0.25) is 5.91 Å². The molecule has 2 aromatic carbocycles. The zero-order valence-electron chi connectivity index (χ0n) is 14.4. The quantitative estimate of drug-likeness (QED) is 0.802. The van der Waals surface area contributed by atoms with E-state index in [9.17, 15) is 18.0 Å². The number of para-hydroxylation sites is 1. The number of fused-ring (bicyclic) bond motifs is 1. The average Bonchev–Trinajstić information content (AvgIpc) is 2.55. The first-order valence-corrected chi connectivity index (χ1v) is 8.62. The van der Waals surface area contributed by atoms with E-state index in [-0.39, 0.29) is 18.2 Å². The lowest BCUT2D eigenvalue weighted by atomic mass is 9.77. The van der Waals surface area contributed by atoms with E-state index >= 15 is 0 Å². The molecule has 6 heteroatoms. The lowest BCUT2D eigenvalue weighted by molar-refractivity contribution is -0.137. The van der Waals surface area contributed by atoms with Gasteiger partial charge in [0.05, 0.1) is 11.3 Å². The molecule has 2 atom stereocenters. The molecule has 0 saturated heterocycles. The number of rotatable bonds is 6. The van der Waals surface area contributed by atoms with Crippen LogP contribution in [0, 0.1) is 0 Å². The number of benzene rings is 2. The molecule has 0 fully saturated rings. The van der Waals surface area contributed by atoms with Crippen molar-refractivity contribution in [3.05, 3.63) is 65.2 Å². The summed E-state index contributed by atoms with van der Waals surface area (Å²) in [5.41, 5.74) is 1.65. The third-order valence-electron chi connectivity index (χ3n) is 4.67. The van der Waals surface area contributed by atoms with E-state index in [1.165, 1.54) is 29.3 Å². The van der Waals surface area contributed by atoms with Crippen molar-refractivity contribution in [1.82, 2.24) is 5.32 Å². The molecule has 0 aliphatic heterocycles. The highest BCUT2D eigenvalue weighted by Gasteiger charge is 2.33. The van der Waals surface area contributed by atoms with Crippen LogP contribution < -0.4 is 10.6 Å². The first-order chi connectivity index (χ1) is 12.3. The van der Waals surface area contributed by atoms with Crippen LogP contribution in [0.4, 0.5) is 18.9 Å². The molecule has 0 heterocycles. The number of hydrogen-bond acceptors (Lipinski definition) is 2. The number of anilines is 1. The fourth-order valence-electron chi connectivity index (χ4n) is 3.28. The molecule has 0 saturated carbocycles. The van der Waals surface area contributed by atoms with Crippen molar-refractivity contribution >= 4 is 11.6 Å². The van der Waals surface area contributed by atoms with Crippen molar-refractivity contribution in [1.29, 1.82) is 0 Å². The maximum absolute atomic E-state index is 13.0. The lowest BCUT2D eigenvalue weighted by Gasteiger charge is -2.31. The third kappa shape index (κ3) is 4.25. The molecule has 138 valence electrons. The van der Waals surface area contributed by atoms with Crippen LogP contribution in [0.2, 0.25) is 0 Å². The summed E-state index contributed by atoms with van der Waals surface area (Å²) in [6.07, 6.45) is -3.37. The van der Waals surface area contributed by atoms with Crippen LogP contribution in [-0.4, -0.2) is 18.5 Å². The molecule has 1 amide bonds. The standard InChI is InChI=1S/C20H21F3N2O/c1-13(24-12-15-11-14-6-2-3-7-16(14)15)10-19(26)25-18-9-5-4-8-17(18)20(21,22)23/h2-9,13,15,24H,10-12H2,1H3,(H,25,26). The second-order valence-corrected chi connectivity index (χ2v) is 6.70. The van der Waals surface area contributed by atoms with Crippen LogP contribution in [0.5, 0.6) is 0 Å². The van der Waals surface area contributed by atoms with E-state index in [4.69, 9.17) is 0 Å². The van der Waals surface area contributed by atoms with Gasteiger partial charge >= 0.3 is 6.18 Å². The average molecular weight is 362 g/mol. The number of hydrogen-bond donors (Lipinski definition) is 2. The van der Waals surface area contributed by atoms with Gasteiger partial charge in [0.25, 0.3) is 0 Å². The van der Waals surface area contributed by atoms with E-state index < -0.39 is 17.6 Å². The normalized spacial score (nSPS) is 17.2. The predicted molar refractivity (Wildman–Crippen MR) is 95.0 cm³/mol. The van der Waals surface area contributed by atoms with Crippen molar-refractivity contribution < 1.29 is 18.0 Å². The van der Waals surface area contributed by atoms with Gasteiger partial charge in [-0.25, -0.2) is 0 Å². The predicted octanol–water partition coefficient (Wildman–Crippen LogP) is 4.35. The summed E-state index contributed by atoms with van der Waals surface area (Å²) in [6, 6.07) is 13.1. The number of halogens is 3. The Morgan fingerprint density at radius 1 is 1.15 bits per heavy atom. The van der Waals surface area contributed by atoms with E-state index in [0.29, 0.717) is 5.92 Å². The molecular formula is C20H21F3N2O. The highest BCUT2D eigenvalue weighted by molar-refractivity contribution is 5.92. The van der Waals surface area contributed by atoms with Gasteiger partial charge in [-0.2, -0.15) is 13.2 Å². The Hall–Kier alpha value is -2.34. The highest BCUT2D eigenvalue weighted by atomic mass is 19.4. The highest BCUT2D eigenvalue weighted by Crippen LogP contribution is 2.35. The maximum atomic E-state index is 13.0. The molecule has 0 aromatic heterocycles. The topological polar surface area (TPSA) is 41.1 Å². The zero-order chi connectivity index (χ0) is 18.7. The molecule has 0 bridgehead atoms. The first-order valence-electron chi connectivity index (χ1n) is 8.62. The summed E-state index contributed by atoms with van der Waals surface area (Å²) in [4.78, 5) is 12.1. The first kappa shape index (κ1) is 18.5. The Kier molecular flexibility index (Phi) is 5.32. The van der Waals surface area contributed by atoms with Gasteiger partial charge in [0.1, 0.15) is 0 Å². The molecule has 2 unspecified atom stereocenters. The second kappa shape index (κ2) is 7.50. The van der Waals surface area contributed by atoms with E-state index in [2.05, 4.69) is 22.8 Å². The Morgan fingerprint density at radius 3 is 2.58 bits per heavy atom. The number of carbonyl (C=O) groups is 1. The summed E-state index contributed by atoms with van der Waals surface area (Å²) < 4.78 is 38.9. The maximum Gasteiger partial charge on any atom is 0.418 e. The van der Waals surface area contributed by atoms with Crippen LogP contribution in [-0.2, 0) is 17.4 Å². The largest absolute Gasteiger partial charge is 0.418 e. The third-order valence-corrected chi connectivity index (χ3v) is 4.67. The minimum Gasteiger partial charge on any atom is -0.325 e. The summed E-state index contributed by atoms with van der Waals surface area (Å²) in [5.74, 6) is -0.00150. The van der Waals surface area contributed by atoms with Gasteiger partial charge in [-0.3, -0.25) is 4.79 Å². The van der Waals surface area contributed by atoms with Gasteiger partial charge in [-0.1, -0.05) is 36.4 Å². The lowest BCUT2D eigenvalue weighted by Crippen LogP contribution is -2.36. The van der Waals surface area contributed by atoms with Gasteiger partial charge in [0, 0.05) is 24.9 Å². The number of amides is 1. The Labute approximate surface area is 150 Å². The molecule has 2 aromatic rings. The monoisotopic (exact) mass is 362 g/mol.